The molecule has 4 aromatic rings. The molecule has 166 valence electrons. The van der Waals surface area contributed by atoms with E-state index in [9.17, 15) is 9.90 Å². The summed E-state index contributed by atoms with van der Waals surface area (Å²) in [6, 6.07) is 24.6. The molecular formula is C27H24N2O4. The van der Waals surface area contributed by atoms with Crippen LogP contribution in [0.4, 0.5) is 0 Å². The fraction of sp³-hybridized carbons (Fsp3) is 0.185. The van der Waals surface area contributed by atoms with Gasteiger partial charge in [0.1, 0.15) is 18.1 Å². The number of aromatic nitrogens is 1. The Balaban J connectivity index is 1.30. The molecule has 33 heavy (non-hydrogen) atoms. The number of para-hydroxylation sites is 1. The number of carbonyl (C=O) groups is 1. The second-order valence-electron chi connectivity index (χ2n) is 8.27. The number of pyridine rings is 1. The van der Waals surface area contributed by atoms with Crippen molar-refractivity contribution in [3.63, 3.8) is 0 Å². The van der Waals surface area contributed by atoms with Crippen molar-refractivity contribution < 1.29 is 19.4 Å². The highest BCUT2D eigenvalue weighted by Gasteiger charge is 2.30. The van der Waals surface area contributed by atoms with Crippen molar-refractivity contribution in [2.24, 2.45) is 11.7 Å². The zero-order valence-corrected chi connectivity index (χ0v) is 18.0. The minimum Gasteiger partial charge on any atom is -0.493 e. The molecule has 0 radical (unpaired) electrons. The molecule has 1 aromatic heterocycles. The van der Waals surface area contributed by atoms with Gasteiger partial charge in [0.05, 0.1) is 23.9 Å². The molecule has 2 atom stereocenters. The average molecular weight is 440 g/mol. The first-order chi connectivity index (χ1) is 16.1. The lowest BCUT2D eigenvalue weighted by molar-refractivity contribution is 0.0504. The van der Waals surface area contributed by atoms with Crippen LogP contribution < -0.4 is 15.2 Å². The molecule has 1 aliphatic rings. The highest BCUT2D eigenvalue weighted by atomic mass is 16.5. The van der Waals surface area contributed by atoms with Crippen LogP contribution in [0.5, 0.6) is 11.5 Å². The number of ether oxygens (including phenoxy) is 2. The predicted molar refractivity (Wildman–Crippen MR) is 125 cm³/mol. The molecule has 3 N–H and O–H groups in total. The molecule has 0 saturated carbocycles. The van der Waals surface area contributed by atoms with Gasteiger partial charge in [-0.1, -0.05) is 36.4 Å². The summed E-state index contributed by atoms with van der Waals surface area (Å²) in [6.45, 7) is 0.708. The SMILES string of the molecule is NC(=O)c1cccc(C[C@H]2COc3ccc(OCc4ccc5ccccc5n4)cc3[C@H]2O)c1. The van der Waals surface area contributed by atoms with Crippen LogP contribution in [0.3, 0.4) is 0 Å². The van der Waals surface area contributed by atoms with Gasteiger partial charge in [0.25, 0.3) is 0 Å². The maximum absolute atomic E-state index is 11.5. The van der Waals surface area contributed by atoms with E-state index in [0.29, 0.717) is 42.3 Å². The summed E-state index contributed by atoms with van der Waals surface area (Å²) in [5.41, 5.74) is 9.22. The Morgan fingerprint density at radius 3 is 2.82 bits per heavy atom. The molecule has 0 bridgehead atoms. The van der Waals surface area contributed by atoms with Crippen LogP contribution in [-0.4, -0.2) is 22.6 Å². The van der Waals surface area contributed by atoms with Gasteiger partial charge in [0.2, 0.25) is 5.91 Å². The Bertz CT molecular complexity index is 1320. The highest BCUT2D eigenvalue weighted by Crippen LogP contribution is 2.39. The fourth-order valence-electron chi connectivity index (χ4n) is 4.19. The summed E-state index contributed by atoms with van der Waals surface area (Å²) in [5.74, 6) is 0.673. The molecule has 6 heteroatoms. The topological polar surface area (TPSA) is 94.7 Å². The molecular weight excluding hydrogens is 416 g/mol. The van der Waals surface area contributed by atoms with E-state index in [1.54, 1.807) is 18.2 Å². The molecule has 0 saturated heterocycles. The number of hydrogen-bond acceptors (Lipinski definition) is 5. The molecule has 6 nitrogen and oxygen atoms in total. The summed E-state index contributed by atoms with van der Waals surface area (Å²) < 4.78 is 11.9. The van der Waals surface area contributed by atoms with Crippen LogP contribution in [0.15, 0.2) is 78.9 Å². The van der Waals surface area contributed by atoms with Crippen LogP contribution >= 0.6 is 0 Å². The molecule has 0 fully saturated rings. The number of nitrogens with two attached hydrogens (primary N) is 1. The van der Waals surface area contributed by atoms with E-state index in [-0.39, 0.29) is 5.92 Å². The number of fused-ring (bicyclic) bond motifs is 2. The second kappa shape index (κ2) is 8.92. The van der Waals surface area contributed by atoms with E-state index in [1.165, 1.54) is 0 Å². The third-order valence-electron chi connectivity index (χ3n) is 5.95. The standard InChI is InChI=1S/C27H24N2O4/c28-27(31)19-6-3-4-17(12-19)13-20-15-33-25-11-10-22(14-23(25)26(20)30)32-16-21-9-8-18-5-1-2-7-24(18)29-21/h1-12,14,20,26,30H,13,15-16H2,(H2,28,31)/t20-,26-/m0/s1. The normalized spacial score (nSPS) is 17.2. The van der Waals surface area contributed by atoms with E-state index in [4.69, 9.17) is 15.2 Å². The van der Waals surface area contributed by atoms with Gasteiger partial charge in [-0.25, -0.2) is 4.98 Å². The van der Waals surface area contributed by atoms with E-state index in [1.807, 2.05) is 60.7 Å². The first-order valence-corrected chi connectivity index (χ1v) is 10.9. The Morgan fingerprint density at radius 1 is 1.06 bits per heavy atom. The quantitative estimate of drug-likeness (QED) is 0.469. The summed E-state index contributed by atoms with van der Waals surface area (Å²) in [6.07, 6.45) is -0.151. The Hall–Kier alpha value is -3.90. The molecule has 3 aromatic carbocycles. The highest BCUT2D eigenvalue weighted by molar-refractivity contribution is 5.92. The van der Waals surface area contributed by atoms with Crippen molar-refractivity contribution in [1.82, 2.24) is 4.98 Å². The minimum atomic E-state index is -0.715. The van der Waals surface area contributed by atoms with Crippen LogP contribution in [0.1, 0.15) is 33.3 Å². The van der Waals surface area contributed by atoms with E-state index in [2.05, 4.69) is 4.98 Å². The third kappa shape index (κ3) is 4.52. The van der Waals surface area contributed by atoms with Crippen molar-refractivity contribution in [3.05, 3.63) is 101 Å². The van der Waals surface area contributed by atoms with Crippen molar-refractivity contribution >= 4 is 16.8 Å². The number of rotatable bonds is 6. The lowest BCUT2D eigenvalue weighted by Crippen LogP contribution is -2.27. The van der Waals surface area contributed by atoms with Crippen LogP contribution in [-0.2, 0) is 13.0 Å². The van der Waals surface area contributed by atoms with Crippen LogP contribution in [0.25, 0.3) is 10.9 Å². The van der Waals surface area contributed by atoms with Gasteiger partial charge in [-0.3, -0.25) is 4.79 Å². The maximum Gasteiger partial charge on any atom is 0.248 e. The van der Waals surface area contributed by atoms with E-state index in [0.717, 1.165) is 22.2 Å². The van der Waals surface area contributed by atoms with E-state index < -0.39 is 12.0 Å². The van der Waals surface area contributed by atoms with Gasteiger partial charge < -0.3 is 20.3 Å². The summed E-state index contributed by atoms with van der Waals surface area (Å²) in [4.78, 5) is 16.1. The predicted octanol–water partition coefficient (Wildman–Crippen LogP) is 4.20. The monoisotopic (exact) mass is 440 g/mol. The molecule has 0 aliphatic carbocycles. The van der Waals surface area contributed by atoms with Crippen molar-refractivity contribution in [1.29, 1.82) is 0 Å². The summed E-state index contributed by atoms with van der Waals surface area (Å²) in [7, 11) is 0. The molecule has 0 spiro atoms. The molecule has 1 amide bonds. The number of primary amides is 1. The molecule has 1 aliphatic heterocycles. The molecule has 5 rings (SSSR count). The third-order valence-corrected chi connectivity index (χ3v) is 5.95. The van der Waals surface area contributed by atoms with Crippen molar-refractivity contribution in [2.75, 3.05) is 6.61 Å². The van der Waals surface area contributed by atoms with Gasteiger partial charge in [-0.2, -0.15) is 0 Å². The second-order valence-corrected chi connectivity index (χ2v) is 8.27. The first-order valence-electron chi connectivity index (χ1n) is 10.9. The van der Waals surface area contributed by atoms with Gasteiger partial charge in [-0.15, -0.1) is 0 Å². The van der Waals surface area contributed by atoms with Crippen molar-refractivity contribution in [3.8, 4) is 11.5 Å². The average Bonchev–Trinajstić information content (AvgIpc) is 2.84. The molecule has 2 heterocycles. The number of aliphatic hydroxyl groups is 1. The number of aliphatic hydroxyl groups excluding tert-OH is 1. The Labute approximate surface area is 191 Å². The number of benzene rings is 3. The summed E-state index contributed by atoms with van der Waals surface area (Å²) >= 11 is 0. The van der Waals surface area contributed by atoms with Gasteiger partial charge in [0, 0.05) is 22.4 Å². The van der Waals surface area contributed by atoms with Crippen LogP contribution in [0, 0.1) is 5.92 Å². The fourth-order valence-corrected chi connectivity index (χ4v) is 4.19. The van der Waals surface area contributed by atoms with Gasteiger partial charge in [0.15, 0.2) is 0 Å². The number of hydrogen-bond donors (Lipinski definition) is 2. The molecule has 0 unspecified atom stereocenters. The number of carbonyl (C=O) groups excluding carboxylic acids is 1. The van der Waals surface area contributed by atoms with Crippen molar-refractivity contribution in [2.45, 2.75) is 19.1 Å². The van der Waals surface area contributed by atoms with E-state index >= 15 is 0 Å². The number of amides is 1. The van der Waals surface area contributed by atoms with Gasteiger partial charge in [-0.05, 0) is 54.4 Å². The smallest absolute Gasteiger partial charge is 0.248 e. The lowest BCUT2D eigenvalue weighted by Gasteiger charge is -2.30. The van der Waals surface area contributed by atoms with Crippen LogP contribution in [0.2, 0.25) is 0 Å². The number of nitrogens with zero attached hydrogens (tertiary/aromatic N) is 1. The Kier molecular flexibility index (Phi) is 5.67. The largest absolute Gasteiger partial charge is 0.493 e. The zero-order valence-electron chi connectivity index (χ0n) is 18.0. The minimum absolute atomic E-state index is 0.155. The van der Waals surface area contributed by atoms with Gasteiger partial charge >= 0.3 is 0 Å². The zero-order chi connectivity index (χ0) is 22.8. The maximum atomic E-state index is 11.5. The Morgan fingerprint density at radius 2 is 1.94 bits per heavy atom. The first kappa shape index (κ1) is 21.0. The summed E-state index contributed by atoms with van der Waals surface area (Å²) in [5, 5.41) is 12.1. The lowest BCUT2D eigenvalue weighted by atomic mass is 9.87.